The fraction of sp³-hybridized carbons (Fsp3) is 0.438. The third-order valence-electron chi connectivity index (χ3n) is 2.45. The molecule has 118 valence electrons. The van der Waals surface area contributed by atoms with Gasteiger partial charge in [-0.3, -0.25) is 0 Å². The van der Waals surface area contributed by atoms with Gasteiger partial charge in [-0.25, -0.2) is 4.79 Å². The Kier molecular flexibility index (Phi) is 6.95. The lowest BCUT2D eigenvalue weighted by molar-refractivity contribution is -0.159. The molecule has 0 aliphatic heterocycles. The van der Waals surface area contributed by atoms with Crippen molar-refractivity contribution in [2.75, 3.05) is 0 Å². The van der Waals surface area contributed by atoms with Gasteiger partial charge in [-0.15, -0.1) is 0 Å². The molecule has 1 aromatic carbocycles. The Morgan fingerprint density at radius 2 is 1.81 bits per heavy atom. The summed E-state index contributed by atoms with van der Waals surface area (Å²) in [6.45, 7) is 12.2. The van der Waals surface area contributed by atoms with Gasteiger partial charge in [-0.1, -0.05) is 39.5 Å². The predicted molar refractivity (Wildman–Crippen MR) is 81.1 cm³/mol. The Hall–Kier alpha value is -2.01. The molecular formula is C16H24O5. The van der Waals surface area contributed by atoms with Crippen molar-refractivity contribution in [3.8, 4) is 11.5 Å². The third-order valence-corrected chi connectivity index (χ3v) is 2.45. The maximum absolute atomic E-state index is 10.5. The Balaban J connectivity index is 0.000000400. The summed E-state index contributed by atoms with van der Waals surface area (Å²) in [6.07, 6.45) is -1.05. The van der Waals surface area contributed by atoms with E-state index in [1.807, 2.05) is 26.8 Å². The van der Waals surface area contributed by atoms with Crippen molar-refractivity contribution in [1.29, 1.82) is 0 Å². The largest absolute Gasteiger partial charge is 0.504 e. The van der Waals surface area contributed by atoms with E-state index in [0.29, 0.717) is 0 Å². The molecule has 0 fully saturated rings. The molecule has 5 heteroatoms. The number of carbonyl (C=O) groups is 1. The van der Waals surface area contributed by atoms with E-state index in [2.05, 4.69) is 11.3 Å². The number of esters is 1. The first-order chi connectivity index (χ1) is 9.46. The van der Waals surface area contributed by atoms with Crippen molar-refractivity contribution in [2.45, 2.75) is 46.3 Å². The molecule has 21 heavy (non-hydrogen) atoms. The summed E-state index contributed by atoms with van der Waals surface area (Å²) in [6, 6.07) is 5.02. The number of aromatic hydroxyl groups is 2. The van der Waals surface area contributed by atoms with Crippen molar-refractivity contribution in [2.24, 2.45) is 0 Å². The van der Waals surface area contributed by atoms with Crippen molar-refractivity contribution in [1.82, 2.24) is 0 Å². The zero-order valence-corrected chi connectivity index (χ0v) is 13.2. The van der Waals surface area contributed by atoms with Gasteiger partial charge in [0.25, 0.3) is 0 Å². The molecule has 0 aliphatic rings. The fourth-order valence-corrected chi connectivity index (χ4v) is 1.39. The van der Waals surface area contributed by atoms with E-state index in [1.54, 1.807) is 6.07 Å². The second kappa shape index (κ2) is 7.69. The van der Waals surface area contributed by atoms with Gasteiger partial charge in [0.1, 0.15) is 0 Å². The molecule has 0 aliphatic carbocycles. The van der Waals surface area contributed by atoms with E-state index < -0.39 is 12.3 Å². The predicted octanol–water partition coefficient (Wildman–Crippen LogP) is 2.84. The maximum Gasteiger partial charge on any atom is 0.335 e. The summed E-state index contributed by atoms with van der Waals surface area (Å²) < 4.78 is 4.33. The van der Waals surface area contributed by atoms with E-state index >= 15 is 0 Å². The van der Waals surface area contributed by atoms with Crippen LogP contribution in [0.3, 0.4) is 0 Å². The van der Waals surface area contributed by atoms with Crippen LogP contribution in [0.5, 0.6) is 11.5 Å². The minimum absolute atomic E-state index is 0.00926. The van der Waals surface area contributed by atoms with Gasteiger partial charge in [-0.05, 0) is 25.3 Å². The summed E-state index contributed by atoms with van der Waals surface area (Å²) in [5.41, 5.74) is 0.918. The monoisotopic (exact) mass is 296 g/mol. The van der Waals surface area contributed by atoms with E-state index in [-0.39, 0.29) is 22.5 Å². The smallest absolute Gasteiger partial charge is 0.335 e. The van der Waals surface area contributed by atoms with E-state index in [1.165, 1.54) is 19.9 Å². The summed E-state index contributed by atoms with van der Waals surface area (Å²) in [7, 11) is 0. The van der Waals surface area contributed by atoms with Crippen molar-refractivity contribution in [3.63, 3.8) is 0 Å². The normalized spacial score (nSPS) is 11.9. The SMILES string of the molecule is C=C(C)C(=O)OC(C)O.CC(C)(C)c1cccc(O)c1O. The third kappa shape index (κ3) is 6.81. The topological polar surface area (TPSA) is 87.0 Å². The summed E-state index contributed by atoms with van der Waals surface area (Å²) in [5, 5.41) is 27.2. The standard InChI is InChI=1S/C10H14O2.C6H10O3/c1-10(2,3)7-5-4-6-8(11)9(7)12;1-4(2)6(8)9-5(3)7/h4-6,11-12H,1-3H3;5,7H,1H2,2-3H3. The van der Waals surface area contributed by atoms with Gasteiger partial charge >= 0.3 is 5.97 Å². The minimum Gasteiger partial charge on any atom is -0.504 e. The molecule has 3 N–H and O–H groups in total. The molecule has 0 saturated heterocycles. The van der Waals surface area contributed by atoms with Crippen LogP contribution in [0.1, 0.15) is 40.2 Å². The maximum atomic E-state index is 10.5. The van der Waals surface area contributed by atoms with E-state index in [0.717, 1.165) is 5.56 Å². The number of ether oxygens (including phenoxy) is 1. The first kappa shape index (κ1) is 19.0. The second-order valence-corrected chi connectivity index (χ2v) is 5.71. The Labute approximate surface area is 125 Å². The lowest BCUT2D eigenvalue weighted by Gasteiger charge is -2.20. The van der Waals surface area contributed by atoms with Gasteiger partial charge in [-0.2, -0.15) is 0 Å². The average Bonchev–Trinajstić information content (AvgIpc) is 2.31. The van der Waals surface area contributed by atoms with Crippen LogP contribution >= 0.6 is 0 Å². The number of aliphatic hydroxyl groups excluding tert-OH is 1. The van der Waals surface area contributed by atoms with Crippen LogP contribution in [-0.4, -0.2) is 27.6 Å². The minimum atomic E-state index is -1.05. The Morgan fingerprint density at radius 3 is 2.10 bits per heavy atom. The highest BCUT2D eigenvalue weighted by Gasteiger charge is 2.19. The number of phenols is 2. The van der Waals surface area contributed by atoms with Crippen molar-refractivity contribution >= 4 is 5.97 Å². The zero-order valence-electron chi connectivity index (χ0n) is 13.2. The molecule has 1 unspecified atom stereocenters. The summed E-state index contributed by atoms with van der Waals surface area (Å²) in [5.74, 6) is -0.627. The van der Waals surface area contributed by atoms with Crippen LogP contribution in [0.25, 0.3) is 0 Å². The number of phenolic OH excluding ortho intramolecular Hbond substituents is 2. The first-order valence-electron chi connectivity index (χ1n) is 6.52. The zero-order chi connectivity index (χ0) is 16.8. The average molecular weight is 296 g/mol. The molecule has 0 saturated carbocycles. The summed E-state index contributed by atoms with van der Waals surface area (Å²) in [4.78, 5) is 10.5. The van der Waals surface area contributed by atoms with Gasteiger partial charge in [0.2, 0.25) is 0 Å². The van der Waals surface area contributed by atoms with Crippen molar-refractivity contribution < 1.29 is 24.9 Å². The number of rotatable bonds is 2. The van der Waals surface area contributed by atoms with Crippen LogP contribution in [0.4, 0.5) is 0 Å². The van der Waals surface area contributed by atoms with Gasteiger partial charge in [0, 0.05) is 11.1 Å². The number of carbonyl (C=O) groups excluding carboxylic acids is 1. The quantitative estimate of drug-likeness (QED) is 0.338. The number of benzene rings is 1. The van der Waals surface area contributed by atoms with E-state index in [9.17, 15) is 15.0 Å². The molecule has 5 nitrogen and oxygen atoms in total. The Morgan fingerprint density at radius 1 is 1.29 bits per heavy atom. The molecule has 0 bridgehead atoms. The molecule has 1 atom stereocenters. The highest BCUT2D eigenvalue weighted by atomic mass is 16.6. The molecule has 0 amide bonds. The van der Waals surface area contributed by atoms with Gasteiger partial charge in [0.05, 0.1) is 0 Å². The van der Waals surface area contributed by atoms with Crippen LogP contribution in [0, 0.1) is 0 Å². The number of aliphatic hydroxyl groups is 1. The first-order valence-corrected chi connectivity index (χ1v) is 6.52. The Bertz CT molecular complexity index is 498. The molecule has 0 radical (unpaired) electrons. The molecule has 1 rings (SSSR count). The molecule has 1 aromatic rings. The highest BCUT2D eigenvalue weighted by molar-refractivity contribution is 5.86. The second-order valence-electron chi connectivity index (χ2n) is 5.71. The number of hydrogen-bond donors (Lipinski definition) is 3. The van der Waals surface area contributed by atoms with Gasteiger partial charge in [0.15, 0.2) is 17.8 Å². The number of para-hydroxylation sites is 1. The molecule has 0 spiro atoms. The lowest BCUT2D eigenvalue weighted by atomic mass is 9.86. The van der Waals surface area contributed by atoms with Crippen LogP contribution in [0.2, 0.25) is 0 Å². The molecule has 0 aromatic heterocycles. The summed E-state index contributed by atoms with van der Waals surface area (Å²) >= 11 is 0. The number of hydrogen-bond acceptors (Lipinski definition) is 5. The van der Waals surface area contributed by atoms with Crippen LogP contribution in [0.15, 0.2) is 30.4 Å². The van der Waals surface area contributed by atoms with Crippen LogP contribution < -0.4 is 0 Å². The van der Waals surface area contributed by atoms with Gasteiger partial charge < -0.3 is 20.1 Å². The highest BCUT2D eigenvalue weighted by Crippen LogP contribution is 2.36. The van der Waals surface area contributed by atoms with Crippen molar-refractivity contribution in [3.05, 3.63) is 35.9 Å². The molecule has 0 heterocycles. The van der Waals surface area contributed by atoms with Crippen LogP contribution in [-0.2, 0) is 14.9 Å². The molecular weight excluding hydrogens is 272 g/mol. The van der Waals surface area contributed by atoms with E-state index in [4.69, 9.17) is 5.11 Å². The lowest BCUT2D eigenvalue weighted by Crippen LogP contribution is -2.13. The fourth-order valence-electron chi connectivity index (χ4n) is 1.39.